The van der Waals surface area contributed by atoms with Gasteiger partial charge in [-0.05, 0) is 18.2 Å². The lowest BCUT2D eigenvalue weighted by atomic mass is 9.89. The summed E-state index contributed by atoms with van der Waals surface area (Å²) < 4.78 is 0.719. The van der Waals surface area contributed by atoms with Crippen molar-refractivity contribution < 1.29 is 14.7 Å². The van der Waals surface area contributed by atoms with E-state index in [2.05, 4.69) is 22.5 Å². The molecule has 1 N–H and O–H groups in total. The monoisotopic (exact) mass is 295 g/mol. The molecule has 0 saturated carbocycles. The highest BCUT2D eigenvalue weighted by Gasteiger charge is 2.50. The lowest BCUT2D eigenvalue weighted by Gasteiger charge is -2.20. The van der Waals surface area contributed by atoms with Crippen LogP contribution in [0.25, 0.3) is 0 Å². The van der Waals surface area contributed by atoms with Crippen LogP contribution in [-0.4, -0.2) is 24.3 Å². The van der Waals surface area contributed by atoms with Gasteiger partial charge in [-0.25, -0.2) is 0 Å². The van der Waals surface area contributed by atoms with E-state index in [1.807, 2.05) is 0 Å². The van der Waals surface area contributed by atoms with E-state index in [1.54, 1.807) is 25.2 Å². The van der Waals surface area contributed by atoms with E-state index in [9.17, 15) is 14.7 Å². The highest BCUT2D eigenvalue weighted by molar-refractivity contribution is 9.10. The molecule has 0 spiro atoms. The van der Waals surface area contributed by atoms with Crippen molar-refractivity contribution in [1.82, 2.24) is 0 Å². The highest BCUT2D eigenvalue weighted by Crippen LogP contribution is 2.43. The first-order valence-corrected chi connectivity index (χ1v) is 5.67. The highest BCUT2D eigenvalue weighted by atomic mass is 79.9. The molecule has 1 aromatic carbocycles. The van der Waals surface area contributed by atoms with Gasteiger partial charge in [-0.1, -0.05) is 22.5 Å². The summed E-state index contributed by atoms with van der Waals surface area (Å²) in [5.41, 5.74) is -1.17. The van der Waals surface area contributed by atoms with Gasteiger partial charge in [-0.15, -0.1) is 0 Å². The zero-order chi connectivity index (χ0) is 12.8. The Balaban J connectivity index is 2.73. The van der Waals surface area contributed by atoms with E-state index in [0.717, 1.165) is 4.47 Å². The number of amides is 1. The molecular weight excluding hydrogens is 286 g/mol. The quantitative estimate of drug-likeness (QED) is 0.662. The van der Waals surface area contributed by atoms with Gasteiger partial charge in [0.15, 0.2) is 5.60 Å². The van der Waals surface area contributed by atoms with Gasteiger partial charge in [0.1, 0.15) is 6.29 Å². The summed E-state index contributed by atoms with van der Waals surface area (Å²) in [5, 5.41) is 10.4. The number of anilines is 1. The topological polar surface area (TPSA) is 57.6 Å². The molecule has 0 aromatic heterocycles. The van der Waals surface area contributed by atoms with Gasteiger partial charge in [0.25, 0.3) is 5.91 Å². The zero-order valence-corrected chi connectivity index (χ0v) is 10.7. The van der Waals surface area contributed by atoms with Crippen molar-refractivity contribution in [3.8, 4) is 0 Å². The van der Waals surface area contributed by atoms with Crippen molar-refractivity contribution >= 4 is 33.8 Å². The molecule has 1 aliphatic heterocycles. The van der Waals surface area contributed by atoms with Gasteiger partial charge in [0.2, 0.25) is 0 Å². The minimum Gasteiger partial charge on any atom is -0.372 e. The van der Waals surface area contributed by atoms with E-state index in [-0.39, 0.29) is 5.57 Å². The Kier molecular flexibility index (Phi) is 2.67. The average molecular weight is 296 g/mol. The molecule has 0 unspecified atom stereocenters. The van der Waals surface area contributed by atoms with E-state index in [0.29, 0.717) is 17.5 Å². The second kappa shape index (κ2) is 3.78. The third-order valence-electron chi connectivity index (χ3n) is 2.93. The molecule has 1 amide bonds. The second-order valence-corrected chi connectivity index (χ2v) is 4.79. The maximum Gasteiger partial charge on any atom is 0.268 e. The van der Waals surface area contributed by atoms with Crippen LogP contribution in [0, 0.1) is 0 Å². The number of carbonyl (C=O) groups is 2. The average Bonchev–Trinajstić information content (AvgIpc) is 2.51. The lowest BCUT2D eigenvalue weighted by molar-refractivity contribution is -0.133. The third kappa shape index (κ3) is 1.46. The predicted octanol–water partition coefficient (Wildman–Crippen LogP) is 1.37. The fourth-order valence-electron chi connectivity index (χ4n) is 1.95. The molecule has 17 heavy (non-hydrogen) atoms. The van der Waals surface area contributed by atoms with Gasteiger partial charge in [0.05, 0.1) is 5.69 Å². The van der Waals surface area contributed by atoms with Crippen molar-refractivity contribution in [1.29, 1.82) is 0 Å². The van der Waals surface area contributed by atoms with Crippen LogP contribution in [0.5, 0.6) is 0 Å². The standard InChI is InChI=1S/C12H10BrNO3/c1-7(6-15)12(17)9-5-8(13)3-4-10(9)14(2)11(12)16/h3-6,17H,1H2,2H3/t12-/m0/s1. The Bertz CT molecular complexity index is 541. The first-order chi connectivity index (χ1) is 7.92. The van der Waals surface area contributed by atoms with E-state index >= 15 is 0 Å². The minimum absolute atomic E-state index is 0.161. The molecule has 4 nitrogen and oxygen atoms in total. The van der Waals surface area contributed by atoms with Crippen LogP contribution in [0.3, 0.4) is 0 Å². The van der Waals surface area contributed by atoms with Crippen LogP contribution in [0.1, 0.15) is 5.56 Å². The van der Waals surface area contributed by atoms with E-state index in [4.69, 9.17) is 0 Å². The van der Waals surface area contributed by atoms with Crippen molar-refractivity contribution in [3.05, 3.63) is 40.4 Å². The SMILES string of the molecule is C=C(C=O)[C@@]1(O)C(=O)N(C)c2ccc(Br)cc21. The van der Waals surface area contributed by atoms with Gasteiger partial charge >= 0.3 is 0 Å². The van der Waals surface area contributed by atoms with Crippen molar-refractivity contribution in [2.45, 2.75) is 5.60 Å². The van der Waals surface area contributed by atoms with Crippen LogP contribution >= 0.6 is 15.9 Å². The van der Waals surface area contributed by atoms with E-state index in [1.165, 1.54) is 4.90 Å². The molecule has 0 saturated heterocycles. The molecule has 2 rings (SSSR count). The molecule has 0 radical (unpaired) electrons. The molecule has 0 aliphatic carbocycles. The van der Waals surface area contributed by atoms with Gasteiger partial charge in [-0.3, -0.25) is 9.59 Å². The first-order valence-electron chi connectivity index (χ1n) is 4.88. The van der Waals surface area contributed by atoms with Gasteiger partial charge in [0, 0.05) is 22.7 Å². The molecule has 88 valence electrons. The maximum absolute atomic E-state index is 12.0. The summed E-state index contributed by atoms with van der Waals surface area (Å²) in [6, 6.07) is 5.08. The Hall–Kier alpha value is -1.46. The van der Waals surface area contributed by atoms with Crippen molar-refractivity contribution in [3.63, 3.8) is 0 Å². The molecule has 1 aromatic rings. The zero-order valence-electron chi connectivity index (χ0n) is 9.11. The number of benzene rings is 1. The number of likely N-dealkylation sites (N-methyl/N-ethyl adjacent to an activating group) is 1. The van der Waals surface area contributed by atoms with Crippen LogP contribution in [0.4, 0.5) is 5.69 Å². The number of fused-ring (bicyclic) bond motifs is 1. The van der Waals surface area contributed by atoms with Crippen LogP contribution < -0.4 is 4.90 Å². The maximum atomic E-state index is 12.0. The van der Waals surface area contributed by atoms with E-state index < -0.39 is 11.5 Å². The smallest absolute Gasteiger partial charge is 0.268 e. The number of aldehydes is 1. The number of rotatable bonds is 2. The summed E-state index contributed by atoms with van der Waals surface area (Å²) in [5.74, 6) is -0.567. The fourth-order valence-corrected chi connectivity index (χ4v) is 2.31. The number of hydrogen-bond acceptors (Lipinski definition) is 3. The predicted molar refractivity (Wildman–Crippen MR) is 66.7 cm³/mol. The Morgan fingerprint density at radius 2 is 2.24 bits per heavy atom. The third-order valence-corrected chi connectivity index (χ3v) is 3.42. The number of halogens is 1. The van der Waals surface area contributed by atoms with Crippen LogP contribution in [-0.2, 0) is 15.2 Å². The molecule has 5 heteroatoms. The Morgan fingerprint density at radius 1 is 1.59 bits per heavy atom. The lowest BCUT2D eigenvalue weighted by Crippen LogP contribution is -2.40. The number of hydrogen-bond donors (Lipinski definition) is 1. The second-order valence-electron chi connectivity index (χ2n) is 3.88. The fraction of sp³-hybridized carbons (Fsp3) is 0.167. The molecule has 0 bridgehead atoms. The normalized spacial score (nSPS) is 22.5. The number of aliphatic hydroxyl groups is 1. The summed E-state index contributed by atoms with van der Waals surface area (Å²) in [6.45, 7) is 3.46. The van der Waals surface area contributed by atoms with Crippen LogP contribution in [0.2, 0.25) is 0 Å². The van der Waals surface area contributed by atoms with Crippen LogP contribution in [0.15, 0.2) is 34.8 Å². The molecule has 1 atom stereocenters. The Morgan fingerprint density at radius 3 is 2.82 bits per heavy atom. The summed E-state index contributed by atoms with van der Waals surface area (Å²) in [4.78, 5) is 24.2. The first kappa shape index (κ1) is 12.0. The summed E-state index contributed by atoms with van der Waals surface area (Å²) in [7, 11) is 1.55. The number of nitrogens with zero attached hydrogens (tertiary/aromatic N) is 1. The number of carbonyl (C=O) groups excluding carboxylic acids is 2. The summed E-state index contributed by atoms with van der Waals surface area (Å²) >= 11 is 3.27. The molecule has 0 fully saturated rings. The largest absolute Gasteiger partial charge is 0.372 e. The minimum atomic E-state index is -1.95. The summed E-state index contributed by atoms with van der Waals surface area (Å²) in [6.07, 6.45) is 0.405. The van der Waals surface area contributed by atoms with Gasteiger partial charge in [-0.2, -0.15) is 0 Å². The van der Waals surface area contributed by atoms with Crippen molar-refractivity contribution in [2.75, 3.05) is 11.9 Å². The van der Waals surface area contributed by atoms with Crippen molar-refractivity contribution in [2.24, 2.45) is 0 Å². The molecule has 1 heterocycles. The van der Waals surface area contributed by atoms with Gasteiger partial charge < -0.3 is 10.0 Å². The molecular formula is C12H10BrNO3. The molecule has 1 aliphatic rings. The Labute approximate surface area is 107 Å².